The number of likely N-dealkylation sites (tertiary alicyclic amines) is 1. The number of rotatable bonds is 4. The number of nitrogens with zero attached hydrogens (tertiary/aromatic N) is 2. The third-order valence-electron chi connectivity index (χ3n) is 4.63. The SMILES string of the molecule is CNc1cc(C(=O)N2CCC[C@H](O)[C@@H]2Cc2ccc(F)cc2)ccn1. The number of hydrogen-bond acceptors (Lipinski definition) is 4. The number of carbonyl (C=O) groups excluding carboxylic acids is 1. The van der Waals surface area contributed by atoms with Gasteiger partial charge in [-0.15, -0.1) is 0 Å². The maximum Gasteiger partial charge on any atom is 0.254 e. The zero-order chi connectivity index (χ0) is 17.8. The van der Waals surface area contributed by atoms with Gasteiger partial charge in [0.1, 0.15) is 11.6 Å². The van der Waals surface area contributed by atoms with Crippen LogP contribution in [0.5, 0.6) is 0 Å². The topological polar surface area (TPSA) is 65.5 Å². The highest BCUT2D eigenvalue weighted by Crippen LogP contribution is 2.24. The van der Waals surface area contributed by atoms with Crippen molar-refractivity contribution in [2.75, 3.05) is 18.9 Å². The number of piperidine rings is 1. The molecule has 1 aliphatic heterocycles. The van der Waals surface area contributed by atoms with Gasteiger partial charge in [-0.05, 0) is 49.1 Å². The van der Waals surface area contributed by atoms with Crippen molar-refractivity contribution in [2.24, 2.45) is 0 Å². The van der Waals surface area contributed by atoms with E-state index < -0.39 is 6.10 Å². The van der Waals surface area contributed by atoms with E-state index in [1.807, 2.05) is 0 Å². The van der Waals surface area contributed by atoms with E-state index in [0.717, 1.165) is 12.0 Å². The Kier molecular flexibility index (Phi) is 5.28. The maximum absolute atomic E-state index is 13.1. The Morgan fingerprint density at radius 2 is 2.12 bits per heavy atom. The summed E-state index contributed by atoms with van der Waals surface area (Å²) in [4.78, 5) is 18.8. The molecule has 2 aromatic rings. The standard InChI is InChI=1S/C19H22FN3O2/c1-21-18-12-14(8-9-22-18)19(25)23-10-2-3-17(24)16(23)11-13-4-6-15(20)7-5-13/h4-9,12,16-17,24H,2-3,10-11H2,1H3,(H,21,22)/t16-,17-/m0/s1. The van der Waals surface area contributed by atoms with Crippen molar-refractivity contribution in [1.82, 2.24) is 9.88 Å². The number of nitrogens with one attached hydrogen (secondary N) is 1. The molecule has 6 heteroatoms. The first-order valence-electron chi connectivity index (χ1n) is 8.46. The molecule has 3 rings (SSSR count). The summed E-state index contributed by atoms with van der Waals surface area (Å²) in [6, 6.07) is 9.27. The molecule has 1 fully saturated rings. The van der Waals surface area contributed by atoms with E-state index in [4.69, 9.17) is 0 Å². The number of aromatic nitrogens is 1. The lowest BCUT2D eigenvalue weighted by Crippen LogP contribution is -2.52. The predicted molar refractivity (Wildman–Crippen MR) is 94.0 cm³/mol. The molecule has 2 atom stereocenters. The van der Waals surface area contributed by atoms with Crippen LogP contribution in [0.25, 0.3) is 0 Å². The Balaban J connectivity index is 1.83. The number of aliphatic hydroxyl groups excluding tert-OH is 1. The number of carbonyl (C=O) groups is 1. The van der Waals surface area contributed by atoms with Gasteiger partial charge in [-0.25, -0.2) is 9.37 Å². The summed E-state index contributed by atoms with van der Waals surface area (Å²) in [6.45, 7) is 0.596. The highest BCUT2D eigenvalue weighted by Gasteiger charge is 2.33. The number of anilines is 1. The van der Waals surface area contributed by atoms with E-state index in [-0.39, 0.29) is 17.8 Å². The zero-order valence-electron chi connectivity index (χ0n) is 14.2. The first-order chi connectivity index (χ1) is 12.1. The number of benzene rings is 1. The molecule has 132 valence electrons. The summed E-state index contributed by atoms with van der Waals surface area (Å²) in [5.74, 6) is 0.209. The first kappa shape index (κ1) is 17.4. The average molecular weight is 343 g/mol. The van der Waals surface area contributed by atoms with Crippen LogP contribution in [-0.4, -0.2) is 46.6 Å². The molecule has 25 heavy (non-hydrogen) atoms. The van der Waals surface area contributed by atoms with Gasteiger partial charge in [-0.2, -0.15) is 0 Å². The van der Waals surface area contributed by atoms with Gasteiger partial charge in [0.15, 0.2) is 0 Å². The summed E-state index contributed by atoms with van der Waals surface area (Å²) < 4.78 is 13.1. The van der Waals surface area contributed by atoms with E-state index in [9.17, 15) is 14.3 Å². The lowest BCUT2D eigenvalue weighted by Gasteiger charge is -2.39. The molecular formula is C19H22FN3O2. The molecule has 1 aromatic carbocycles. The van der Waals surface area contributed by atoms with E-state index in [0.29, 0.717) is 30.8 Å². The van der Waals surface area contributed by atoms with E-state index >= 15 is 0 Å². The molecule has 1 amide bonds. The fourth-order valence-corrected chi connectivity index (χ4v) is 3.26. The predicted octanol–water partition coefficient (Wildman–Crippen LogP) is 2.47. The second-order valence-electron chi connectivity index (χ2n) is 6.29. The van der Waals surface area contributed by atoms with Gasteiger partial charge in [0.25, 0.3) is 5.91 Å². The first-order valence-corrected chi connectivity index (χ1v) is 8.46. The second-order valence-corrected chi connectivity index (χ2v) is 6.29. The van der Waals surface area contributed by atoms with Crippen LogP contribution in [0, 0.1) is 5.82 Å². The van der Waals surface area contributed by atoms with Gasteiger partial charge in [0, 0.05) is 25.4 Å². The van der Waals surface area contributed by atoms with Crippen molar-refractivity contribution in [3.63, 3.8) is 0 Å². The monoisotopic (exact) mass is 343 g/mol. The molecule has 1 aliphatic rings. The molecule has 0 aliphatic carbocycles. The largest absolute Gasteiger partial charge is 0.391 e. The van der Waals surface area contributed by atoms with Crippen LogP contribution in [0.1, 0.15) is 28.8 Å². The molecule has 0 saturated carbocycles. The van der Waals surface area contributed by atoms with Crippen molar-refractivity contribution in [3.8, 4) is 0 Å². The molecule has 2 heterocycles. The lowest BCUT2D eigenvalue weighted by molar-refractivity contribution is 0.0118. The smallest absolute Gasteiger partial charge is 0.254 e. The molecule has 0 spiro atoms. The van der Waals surface area contributed by atoms with Crippen molar-refractivity contribution in [2.45, 2.75) is 31.4 Å². The minimum Gasteiger partial charge on any atom is -0.391 e. The summed E-state index contributed by atoms with van der Waals surface area (Å²) in [6.07, 6.45) is 2.92. The second kappa shape index (κ2) is 7.61. The Hall–Kier alpha value is -2.47. The van der Waals surface area contributed by atoms with Crippen LogP contribution in [0.4, 0.5) is 10.2 Å². The summed E-state index contributed by atoms with van der Waals surface area (Å²) in [5, 5.41) is 13.4. The van der Waals surface area contributed by atoms with Crippen LogP contribution in [0.15, 0.2) is 42.6 Å². The maximum atomic E-state index is 13.1. The number of pyridine rings is 1. The van der Waals surface area contributed by atoms with Crippen molar-refractivity contribution < 1.29 is 14.3 Å². The van der Waals surface area contributed by atoms with Crippen LogP contribution in [0.3, 0.4) is 0 Å². The molecule has 1 saturated heterocycles. The Morgan fingerprint density at radius 3 is 2.84 bits per heavy atom. The number of aliphatic hydroxyl groups is 1. The van der Waals surface area contributed by atoms with Gasteiger partial charge in [0.2, 0.25) is 0 Å². The molecular weight excluding hydrogens is 321 g/mol. The fraction of sp³-hybridized carbons (Fsp3) is 0.368. The van der Waals surface area contributed by atoms with Crippen LogP contribution < -0.4 is 5.32 Å². The number of amides is 1. The molecule has 0 radical (unpaired) electrons. The molecule has 5 nitrogen and oxygen atoms in total. The summed E-state index contributed by atoms with van der Waals surface area (Å²) >= 11 is 0. The quantitative estimate of drug-likeness (QED) is 0.895. The third-order valence-corrected chi connectivity index (χ3v) is 4.63. The third kappa shape index (κ3) is 3.96. The van der Waals surface area contributed by atoms with Gasteiger partial charge in [0.05, 0.1) is 12.1 Å². The van der Waals surface area contributed by atoms with Gasteiger partial charge < -0.3 is 15.3 Å². The van der Waals surface area contributed by atoms with Gasteiger partial charge >= 0.3 is 0 Å². The average Bonchev–Trinajstić information content (AvgIpc) is 2.64. The Bertz CT molecular complexity index is 736. The highest BCUT2D eigenvalue weighted by atomic mass is 19.1. The summed E-state index contributed by atoms with van der Waals surface area (Å²) in [7, 11) is 1.75. The Morgan fingerprint density at radius 1 is 1.36 bits per heavy atom. The van der Waals surface area contributed by atoms with Crippen LogP contribution >= 0.6 is 0 Å². The van der Waals surface area contributed by atoms with Crippen molar-refractivity contribution in [3.05, 3.63) is 59.5 Å². The molecule has 2 N–H and O–H groups in total. The highest BCUT2D eigenvalue weighted by molar-refractivity contribution is 5.95. The van der Waals surface area contributed by atoms with E-state index in [1.54, 1.807) is 42.4 Å². The molecule has 0 unspecified atom stereocenters. The minimum absolute atomic E-state index is 0.121. The molecule has 0 bridgehead atoms. The minimum atomic E-state index is -0.589. The van der Waals surface area contributed by atoms with Gasteiger partial charge in [-0.1, -0.05) is 12.1 Å². The van der Waals surface area contributed by atoms with E-state index in [1.165, 1.54) is 12.1 Å². The Labute approximate surface area is 146 Å². The summed E-state index contributed by atoms with van der Waals surface area (Å²) in [5.41, 5.74) is 1.44. The van der Waals surface area contributed by atoms with Crippen LogP contribution in [0.2, 0.25) is 0 Å². The number of hydrogen-bond donors (Lipinski definition) is 2. The fourth-order valence-electron chi connectivity index (χ4n) is 3.26. The van der Waals surface area contributed by atoms with Crippen molar-refractivity contribution in [1.29, 1.82) is 0 Å². The van der Waals surface area contributed by atoms with Crippen molar-refractivity contribution >= 4 is 11.7 Å². The number of halogens is 1. The zero-order valence-corrected chi connectivity index (χ0v) is 14.2. The van der Waals surface area contributed by atoms with Gasteiger partial charge in [-0.3, -0.25) is 4.79 Å². The lowest BCUT2D eigenvalue weighted by atomic mass is 9.92. The van der Waals surface area contributed by atoms with E-state index in [2.05, 4.69) is 10.3 Å². The molecule has 1 aromatic heterocycles. The van der Waals surface area contributed by atoms with Crippen LogP contribution in [-0.2, 0) is 6.42 Å². The normalized spacial score (nSPS) is 20.4.